The number of nitro benzene ring substituents is 1. The molecule has 0 radical (unpaired) electrons. The standard InChI is InChI=1S/C16H13ClF3N3O4/c1-2-7-22(16(18,19)20)15(24)11-8-10(23(25)26)9-12(14(11)17)27-13-5-3-4-6-21-13/h3-6,8-9H,2,7H2,1H3. The Morgan fingerprint density at radius 3 is 2.59 bits per heavy atom. The van der Waals surface area contributed by atoms with Crippen LogP contribution in [0.3, 0.4) is 0 Å². The van der Waals surface area contributed by atoms with Gasteiger partial charge in [0.15, 0.2) is 5.75 Å². The molecule has 2 aromatic rings. The summed E-state index contributed by atoms with van der Waals surface area (Å²) in [6, 6.07) is 6.15. The zero-order chi connectivity index (χ0) is 20.2. The number of non-ortho nitro benzene ring substituents is 1. The number of rotatable bonds is 6. The molecule has 0 atom stereocenters. The van der Waals surface area contributed by atoms with Crippen molar-refractivity contribution in [1.29, 1.82) is 0 Å². The highest BCUT2D eigenvalue weighted by Gasteiger charge is 2.42. The van der Waals surface area contributed by atoms with Crippen molar-refractivity contribution < 1.29 is 27.6 Å². The Hall–Kier alpha value is -2.88. The maximum absolute atomic E-state index is 13.2. The van der Waals surface area contributed by atoms with Crippen LogP contribution >= 0.6 is 11.6 Å². The van der Waals surface area contributed by atoms with E-state index in [1.807, 2.05) is 0 Å². The van der Waals surface area contributed by atoms with Crippen LogP contribution in [0.25, 0.3) is 0 Å². The molecular formula is C16H13ClF3N3O4. The van der Waals surface area contributed by atoms with E-state index in [-0.39, 0.29) is 23.0 Å². The number of pyridine rings is 1. The molecule has 7 nitrogen and oxygen atoms in total. The number of benzene rings is 1. The van der Waals surface area contributed by atoms with E-state index >= 15 is 0 Å². The summed E-state index contributed by atoms with van der Waals surface area (Å²) in [5, 5.41) is 10.6. The highest BCUT2D eigenvalue weighted by Crippen LogP contribution is 2.37. The Labute approximate surface area is 156 Å². The van der Waals surface area contributed by atoms with Crippen LogP contribution in [-0.2, 0) is 0 Å². The van der Waals surface area contributed by atoms with Crippen molar-refractivity contribution >= 4 is 23.2 Å². The fraction of sp³-hybridized carbons (Fsp3) is 0.250. The second kappa shape index (κ2) is 8.21. The number of alkyl halides is 3. The molecule has 0 saturated heterocycles. The lowest BCUT2D eigenvalue weighted by Crippen LogP contribution is -2.43. The molecule has 11 heteroatoms. The first kappa shape index (κ1) is 20.4. The van der Waals surface area contributed by atoms with E-state index in [4.69, 9.17) is 16.3 Å². The predicted molar refractivity (Wildman–Crippen MR) is 89.8 cm³/mol. The number of carbonyl (C=O) groups excluding carboxylic acids is 1. The van der Waals surface area contributed by atoms with Gasteiger partial charge in [0.1, 0.15) is 0 Å². The highest BCUT2D eigenvalue weighted by atomic mass is 35.5. The van der Waals surface area contributed by atoms with Crippen molar-refractivity contribution in [2.24, 2.45) is 0 Å². The fourth-order valence-corrected chi connectivity index (χ4v) is 2.38. The van der Waals surface area contributed by atoms with E-state index in [1.165, 1.54) is 19.2 Å². The Morgan fingerprint density at radius 1 is 1.37 bits per heavy atom. The molecule has 144 valence electrons. The molecule has 0 aliphatic heterocycles. The maximum Gasteiger partial charge on any atom is 0.487 e. The molecule has 1 aromatic carbocycles. The molecular weight excluding hydrogens is 391 g/mol. The summed E-state index contributed by atoms with van der Waals surface area (Å²) >= 11 is 6.03. The van der Waals surface area contributed by atoms with Gasteiger partial charge in [-0.05, 0) is 12.5 Å². The van der Waals surface area contributed by atoms with Crippen LogP contribution < -0.4 is 4.74 Å². The molecule has 0 N–H and O–H groups in total. The van der Waals surface area contributed by atoms with Gasteiger partial charge in [-0.1, -0.05) is 24.6 Å². The molecule has 0 bridgehead atoms. The fourth-order valence-electron chi connectivity index (χ4n) is 2.15. The summed E-state index contributed by atoms with van der Waals surface area (Å²) in [4.78, 5) is 26.2. The minimum atomic E-state index is -4.97. The minimum absolute atomic E-state index is 0.000433. The summed E-state index contributed by atoms with van der Waals surface area (Å²) in [7, 11) is 0. The Kier molecular flexibility index (Phi) is 6.21. The normalized spacial score (nSPS) is 11.1. The van der Waals surface area contributed by atoms with Crippen LogP contribution in [0.5, 0.6) is 11.6 Å². The van der Waals surface area contributed by atoms with Gasteiger partial charge in [-0.3, -0.25) is 14.9 Å². The summed E-state index contributed by atoms with van der Waals surface area (Å²) in [5.41, 5.74) is -1.34. The van der Waals surface area contributed by atoms with Gasteiger partial charge in [0, 0.05) is 24.9 Å². The lowest BCUT2D eigenvalue weighted by Gasteiger charge is -2.25. The molecule has 0 saturated carbocycles. The molecule has 1 amide bonds. The largest absolute Gasteiger partial charge is 0.487 e. The third-order valence-electron chi connectivity index (χ3n) is 3.32. The van der Waals surface area contributed by atoms with E-state index in [2.05, 4.69) is 4.98 Å². The van der Waals surface area contributed by atoms with E-state index in [0.29, 0.717) is 6.07 Å². The molecule has 0 spiro atoms. The number of hydrogen-bond donors (Lipinski definition) is 0. The summed E-state index contributed by atoms with van der Waals surface area (Å²) < 4.78 is 44.8. The van der Waals surface area contributed by atoms with Crippen LogP contribution in [0.2, 0.25) is 5.02 Å². The zero-order valence-electron chi connectivity index (χ0n) is 13.9. The monoisotopic (exact) mass is 403 g/mol. The van der Waals surface area contributed by atoms with Crippen molar-refractivity contribution in [1.82, 2.24) is 9.88 Å². The highest BCUT2D eigenvalue weighted by molar-refractivity contribution is 6.35. The predicted octanol–water partition coefficient (Wildman–Crippen LogP) is 4.81. The van der Waals surface area contributed by atoms with Gasteiger partial charge in [-0.25, -0.2) is 9.88 Å². The second-order valence-electron chi connectivity index (χ2n) is 5.26. The number of hydrogen-bond acceptors (Lipinski definition) is 5. The van der Waals surface area contributed by atoms with Gasteiger partial charge in [-0.15, -0.1) is 13.2 Å². The number of halogens is 4. The Morgan fingerprint density at radius 2 is 2.07 bits per heavy atom. The van der Waals surface area contributed by atoms with Crippen molar-refractivity contribution in [3.63, 3.8) is 0 Å². The molecule has 1 aromatic heterocycles. The summed E-state index contributed by atoms with van der Waals surface area (Å²) in [6.07, 6.45) is -3.57. The minimum Gasteiger partial charge on any atom is -0.437 e. The first-order chi connectivity index (χ1) is 12.6. The number of aromatic nitrogens is 1. The zero-order valence-corrected chi connectivity index (χ0v) is 14.6. The van der Waals surface area contributed by atoms with Crippen molar-refractivity contribution in [2.45, 2.75) is 19.6 Å². The maximum atomic E-state index is 13.2. The van der Waals surface area contributed by atoms with Crippen molar-refractivity contribution in [3.05, 3.63) is 57.2 Å². The van der Waals surface area contributed by atoms with Gasteiger partial charge in [-0.2, -0.15) is 0 Å². The van der Waals surface area contributed by atoms with Gasteiger partial charge in [0.2, 0.25) is 5.88 Å². The molecule has 27 heavy (non-hydrogen) atoms. The van der Waals surface area contributed by atoms with Crippen LogP contribution in [0.1, 0.15) is 23.7 Å². The topological polar surface area (TPSA) is 85.6 Å². The van der Waals surface area contributed by atoms with E-state index in [9.17, 15) is 28.1 Å². The first-order valence-corrected chi connectivity index (χ1v) is 7.98. The number of ether oxygens (including phenoxy) is 1. The number of amides is 1. The van der Waals surface area contributed by atoms with E-state index in [0.717, 1.165) is 6.07 Å². The molecule has 0 unspecified atom stereocenters. The Bertz CT molecular complexity index is 847. The van der Waals surface area contributed by atoms with Gasteiger partial charge in [0.05, 0.1) is 21.6 Å². The third-order valence-corrected chi connectivity index (χ3v) is 3.71. The van der Waals surface area contributed by atoms with Crippen molar-refractivity contribution in [2.75, 3.05) is 6.54 Å². The van der Waals surface area contributed by atoms with Gasteiger partial charge >= 0.3 is 6.30 Å². The molecule has 0 aliphatic carbocycles. The molecule has 0 aliphatic rings. The summed E-state index contributed by atoms with van der Waals surface area (Å²) in [5.74, 6) is -1.87. The SMILES string of the molecule is CCCN(C(=O)c1cc([N+](=O)[O-])cc(Oc2ccccn2)c1Cl)C(F)(F)F. The summed E-state index contributed by atoms with van der Waals surface area (Å²) in [6.45, 7) is 0.828. The van der Waals surface area contributed by atoms with Crippen molar-refractivity contribution in [3.8, 4) is 11.6 Å². The van der Waals surface area contributed by atoms with Crippen LogP contribution in [0.15, 0.2) is 36.5 Å². The Balaban J connectivity index is 2.54. The van der Waals surface area contributed by atoms with E-state index < -0.39 is 39.9 Å². The van der Waals surface area contributed by atoms with E-state index in [1.54, 1.807) is 12.1 Å². The molecule has 0 fully saturated rings. The second-order valence-corrected chi connectivity index (χ2v) is 5.64. The van der Waals surface area contributed by atoms with Crippen LogP contribution in [-0.4, -0.2) is 33.6 Å². The van der Waals surface area contributed by atoms with Gasteiger partial charge < -0.3 is 4.74 Å². The lowest BCUT2D eigenvalue weighted by atomic mass is 10.1. The van der Waals surface area contributed by atoms with Crippen LogP contribution in [0, 0.1) is 10.1 Å². The van der Waals surface area contributed by atoms with Crippen LogP contribution in [0.4, 0.5) is 18.9 Å². The van der Waals surface area contributed by atoms with Gasteiger partial charge in [0.25, 0.3) is 11.6 Å². The average Bonchev–Trinajstić information content (AvgIpc) is 2.60. The molecule has 1 heterocycles. The number of carbonyl (C=O) groups is 1. The first-order valence-electron chi connectivity index (χ1n) is 7.60. The smallest absolute Gasteiger partial charge is 0.437 e. The average molecular weight is 404 g/mol. The lowest BCUT2D eigenvalue weighted by molar-refractivity contribution is -0.385. The number of nitrogens with zero attached hydrogens (tertiary/aromatic N) is 3. The quantitative estimate of drug-likeness (QED) is 0.392. The molecule has 2 rings (SSSR count). The third kappa shape index (κ3) is 4.85. The number of nitro groups is 1.